The van der Waals surface area contributed by atoms with Crippen molar-refractivity contribution in [3.63, 3.8) is 0 Å². The van der Waals surface area contributed by atoms with Crippen LogP contribution in [0.2, 0.25) is 0 Å². The highest BCUT2D eigenvalue weighted by Gasteiger charge is 2.33. The van der Waals surface area contributed by atoms with Gasteiger partial charge in [-0.3, -0.25) is 4.79 Å². The largest absolute Gasteiger partial charge is 0.427 e. The van der Waals surface area contributed by atoms with Crippen molar-refractivity contribution in [3.8, 4) is 0 Å². The molecule has 0 spiro atoms. The number of carbonyl (C=O) groups excluding carboxylic acids is 1. The molecule has 0 radical (unpaired) electrons. The van der Waals surface area contributed by atoms with Gasteiger partial charge < -0.3 is 10.6 Å². The van der Waals surface area contributed by atoms with Gasteiger partial charge in [0.25, 0.3) is 0 Å². The number of aromatic nitrogens is 1. The normalized spacial score (nSPS) is 11.6. The number of amides is 1. The van der Waals surface area contributed by atoms with Crippen molar-refractivity contribution in [2.24, 2.45) is 0 Å². The highest BCUT2D eigenvalue weighted by molar-refractivity contribution is 7.15. The smallest absolute Gasteiger partial charge is 0.352 e. The van der Waals surface area contributed by atoms with E-state index in [1.54, 1.807) is 13.8 Å². The topological polar surface area (TPSA) is 54.0 Å². The molecule has 0 aliphatic carbocycles. The van der Waals surface area contributed by atoms with Gasteiger partial charge in [0, 0.05) is 6.04 Å². The van der Waals surface area contributed by atoms with Gasteiger partial charge in [0.05, 0.1) is 12.7 Å². The SMILES string of the molecule is CC(C)NC(=O)CNc1ncc(C(F)(F)F)s1. The van der Waals surface area contributed by atoms with E-state index >= 15 is 0 Å². The molecular formula is C9H12F3N3OS. The van der Waals surface area contributed by atoms with Crippen molar-refractivity contribution in [3.05, 3.63) is 11.1 Å². The van der Waals surface area contributed by atoms with Crippen LogP contribution in [-0.2, 0) is 11.0 Å². The van der Waals surface area contributed by atoms with E-state index in [2.05, 4.69) is 15.6 Å². The van der Waals surface area contributed by atoms with Gasteiger partial charge in [-0.2, -0.15) is 13.2 Å². The predicted octanol–water partition coefficient (Wildman–Crippen LogP) is 2.10. The molecule has 8 heteroatoms. The summed E-state index contributed by atoms with van der Waals surface area (Å²) < 4.78 is 36.7. The molecule has 17 heavy (non-hydrogen) atoms. The third-order valence-corrected chi connectivity index (χ3v) is 2.63. The Morgan fingerprint density at radius 3 is 2.65 bits per heavy atom. The monoisotopic (exact) mass is 267 g/mol. The fourth-order valence-electron chi connectivity index (χ4n) is 1.02. The lowest BCUT2D eigenvalue weighted by Crippen LogP contribution is -2.34. The van der Waals surface area contributed by atoms with Crippen LogP contribution in [0.1, 0.15) is 18.7 Å². The van der Waals surface area contributed by atoms with E-state index in [0.717, 1.165) is 6.20 Å². The molecular weight excluding hydrogens is 255 g/mol. The van der Waals surface area contributed by atoms with Crippen LogP contribution in [0.25, 0.3) is 0 Å². The van der Waals surface area contributed by atoms with Gasteiger partial charge in [-0.1, -0.05) is 11.3 Å². The lowest BCUT2D eigenvalue weighted by molar-refractivity contribution is -0.134. The predicted molar refractivity (Wildman–Crippen MR) is 58.9 cm³/mol. The van der Waals surface area contributed by atoms with Crippen LogP contribution in [0.3, 0.4) is 0 Å². The van der Waals surface area contributed by atoms with Crippen LogP contribution in [-0.4, -0.2) is 23.5 Å². The number of hydrogen-bond donors (Lipinski definition) is 2. The van der Waals surface area contributed by atoms with E-state index in [-0.39, 0.29) is 23.6 Å². The van der Waals surface area contributed by atoms with E-state index < -0.39 is 11.1 Å². The number of thiazole rings is 1. The molecule has 0 fully saturated rings. The second-order valence-corrected chi connectivity index (χ2v) is 4.63. The first-order valence-corrected chi connectivity index (χ1v) is 5.67. The number of nitrogens with one attached hydrogen (secondary N) is 2. The van der Waals surface area contributed by atoms with Gasteiger partial charge in [-0.25, -0.2) is 4.98 Å². The summed E-state index contributed by atoms with van der Waals surface area (Å²) in [5.41, 5.74) is 0. The number of halogens is 3. The molecule has 1 heterocycles. The van der Waals surface area contributed by atoms with Crippen molar-refractivity contribution in [2.45, 2.75) is 26.1 Å². The maximum absolute atomic E-state index is 12.2. The third-order valence-electron chi connectivity index (χ3n) is 1.63. The first-order chi connectivity index (χ1) is 7.79. The van der Waals surface area contributed by atoms with Crippen LogP contribution in [0, 0.1) is 0 Å². The molecule has 0 aliphatic heterocycles. The molecule has 1 amide bonds. The fourth-order valence-corrected chi connectivity index (χ4v) is 1.69. The molecule has 0 aromatic carbocycles. The van der Waals surface area contributed by atoms with Gasteiger partial charge in [-0.05, 0) is 13.8 Å². The zero-order chi connectivity index (χ0) is 13.1. The summed E-state index contributed by atoms with van der Waals surface area (Å²) >= 11 is 0.473. The quantitative estimate of drug-likeness (QED) is 0.878. The van der Waals surface area contributed by atoms with Crippen molar-refractivity contribution in [2.75, 3.05) is 11.9 Å². The first-order valence-electron chi connectivity index (χ1n) is 4.85. The maximum atomic E-state index is 12.2. The highest BCUT2D eigenvalue weighted by atomic mass is 32.1. The van der Waals surface area contributed by atoms with E-state index in [1.165, 1.54) is 0 Å². The van der Waals surface area contributed by atoms with Gasteiger partial charge >= 0.3 is 6.18 Å². The Kier molecular flexibility index (Phi) is 4.33. The van der Waals surface area contributed by atoms with E-state index in [4.69, 9.17) is 0 Å². The number of anilines is 1. The minimum absolute atomic E-state index is 0.00803. The molecule has 2 N–H and O–H groups in total. The molecule has 1 rings (SSSR count). The van der Waals surface area contributed by atoms with Crippen LogP contribution in [0.5, 0.6) is 0 Å². The summed E-state index contributed by atoms with van der Waals surface area (Å²) in [5, 5.41) is 5.22. The van der Waals surface area contributed by atoms with Crippen LogP contribution < -0.4 is 10.6 Å². The van der Waals surface area contributed by atoms with Crippen LogP contribution in [0.15, 0.2) is 6.20 Å². The molecule has 0 saturated heterocycles. The minimum Gasteiger partial charge on any atom is -0.352 e. The van der Waals surface area contributed by atoms with Crippen LogP contribution in [0.4, 0.5) is 18.3 Å². The average Bonchev–Trinajstić information content (AvgIpc) is 2.61. The zero-order valence-electron chi connectivity index (χ0n) is 9.26. The number of hydrogen-bond acceptors (Lipinski definition) is 4. The molecule has 0 atom stereocenters. The fraction of sp³-hybridized carbons (Fsp3) is 0.556. The summed E-state index contributed by atoms with van der Waals surface area (Å²) in [6, 6.07) is -0.00803. The van der Waals surface area contributed by atoms with Crippen molar-refractivity contribution >= 4 is 22.4 Å². The van der Waals surface area contributed by atoms with E-state index in [9.17, 15) is 18.0 Å². The standard InChI is InChI=1S/C9H12F3N3OS/c1-5(2)15-7(16)4-14-8-13-3-6(17-8)9(10,11)12/h3,5H,4H2,1-2H3,(H,13,14)(H,15,16). The average molecular weight is 267 g/mol. The summed E-state index contributed by atoms with van der Waals surface area (Å²) in [6.45, 7) is 3.50. The molecule has 0 bridgehead atoms. The Hall–Kier alpha value is -1.31. The van der Waals surface area contributed by atoms with Crippen molar-refractivity contribution in [1.29, 1.82) is 0 Å². The maximum Gasteiger partial charge on any atom is 0.427 e. The lowest BCUT2D eigenvalue weighted by Gasteiger charge is -2.08. The second-order valence-electron chi connectivity index (χ2n) is 3.60. The highest BCUT2D eigenvalue weighted by Crippen LogP contribution is 2.34. The number of nitrogens with zero attached hydrogens (tertiary/aromatic N) is 1. The Bertz CT molecular complexity index is 389. The molecule has 96 valence electrons. The summed E-state index contributed by atoms with van der Waals surface area (Å²) in [5.74, 6) is -0.288. The summed E-state index contributed by atoms with van der Waals surface area (Å²) in [7, 11) is 0. The Balaban J connectivity index is 2.48. The van der Waals surface area contributed by atoms with Gasteiger partial charge in [-0.15, -0.1) is 0 Å². The molecule has 1 aromatic rings. The van der Waals surface area contributed by atoms with E-state index in [0.29, 0.717) is 11.3 Å². The van der Waals surface area contributed by atoms with E-state index in [1.807, 2.05) is 0 Å². The summed E-state index contributed by atoms with van der Waals surface area (Å²) in [4.78, 5) is 14.0. The molecule has 4 nitrogen and oxygen atoms in total. The van der Waals surface area contributed by atoms with Gasteiger partial charge in [0.1, 0.15) is 4.88 Å². The second kappa shape index (κ2) is 5.35. The Morgan fingerprint density at radius 1 is 1.53 bits per heavy atom. The number of rotatable bonds is 4. The number of carbonyl (C=O) groups is 1. The van der Waals surface area contributed by atoms with Gasteiger partial charge in [0.2, 0.25) is 5.91 Å². The van der Waals surface area contributed by atoms with Crippen molar-refractivity contribution in [1.82, 2.24) is 10.3 Å². The lowest BCUT2D eigenvalue weighted by atomic mass is 10.4. The van der Waals surface area contributed by atoms with Crippen LogP contribution >= 0.6 is 11.3 Å². The molecule has 0 unspecified atom stereocenters. The minimum atomic E-state index is -4.39. The number of alkyl halides is 3. The van der Waals surface area contributed by atoms with Gasteiger partial charge in [0.15, 0.2) is 5.13 Å². The molecule has 0 aliphatic rings. The summed E-state index contributed by atoms with van der Waals surface area (Å²) in [6.07, 6.45) is -3.65. The molecule has 1 aromatic heterocycles. The zero-order valence-corrected chi connectivity index (χ0v) is 10.1. The first kappa shape index (κ1) is 13.8. The Morgan fingerprint density at radius 2 is 2.18 bits per heavy atom. The van der Waals surface area contributed by atoms with Crippen molar-refractivity contribution < 1.29 is 18.0 Å². The Labute approximate surface area is 100 Å². The molecule has 0 saturated carbocycles. The third kappa shape index (κ3) is 4.59.